The van der Waals surface area contributed by atoms with Crippen molar-refractivity contribution in [1.29, 1.82) is 0 Å². The fourth-order valence-corrected chi connectivity index (χ4v) is 5.07. The van der Waals surface area contributed by atoms with Crippen molar-refractivity contribution in [3.05, 3.63) is 71.4 Å². The van der Waals surface area contributed by atoms with E-state index in [9.17, 15) is 14.4 Å². The molecule has 2 unspecified atom stereocenters. The first-order valence-electron chi connectivity index (χ1n) is 11.8. The van der Waals surface area contributed by atoms with Crippen LogP contribution in [0, 0.1) is 6.92 Å². The number of nitrogens with zero attached hydrogens (tertiary/aromatic N) is 2. The number of fused-ring (bicyclic) bond motifs is 1. The van der Waals surface area contributed by atoms with Crippen molar-refractivity contribution < 1.29 is 19.1 Å². The summed E-state index contributed by atoms with van der Waals surface area (Å²) in [7, 11) is 0. The minimum absolute atomic E-state index is 0.0497. The average Bonchev–Trinajstić information content (AvgIpc) is 3.35. The number of aryl methyl sites for hydroxylation is 1. The van der Waals surface area contributed by atoms with Gasteiger partial charge >= 0.3 is 6.03 Å². The third-order valence-corrected chi connectivity index (χ3v) is 7.18. The van der Waals surface area contributed by atoms with Gasteiger partial charge in [0.2, 0.25) is 5.91 Å². The molecule has 180 valence electrons. The Hall–Kier alpha value is -3.94. The van der Waals surface area contributed by atoms with Crippen LogP contribution in [0.1, 0.15) is 37.1 Å². The molecule has 4 amide bonds. The third-order valence-electron chi connectivity index (χ3n) is 7.18. The monoisotopic (exact) mass is 472 g/mol. The van der Waals surface area contributed by atoms with Crippen LogP contribution in [0.25, 0.3) is 10.9 Å². The quantitative estimate of drug-likeness (QED) is 0.537. The number of urea groups is 1. The molecule has 0 aliphatic carbocycles. The predicted octanol–water partition coefficient (Wildman–Crippen LogP) is 3.21. The number of hydrogen-bond acceptors (Lipinski definition) is 5. The van der Waals surface area contributed by atoms with E-state index in [0.29, 0.717) is 19.6 Å². The molecule has 0 radical (unpaired) electrons. The van der Waals surface area contributed by atoms with E-state index in [1.807, 2.05) is 68.4 Å². The van der Waals surface area contributed by atoms with Crippen LogP contribution < -0.4 is 15.4 Å². The van der Waals surface area contributed by atoms with Crippen LogP contribution in [0.4, 0.5) is 4.79 Å². The number of imide groups is 1. The summed E-state index contributed by atoms with van der Waals surface area (Å²) in [6, 6.07) is 16.0. The fraction of sp³-hybridized carbons (Fsp3) is 0.333. The molecular formula is C27H28N4O4. The van der Waals surface area contributed by atoms with Gasteiger partial charge in [-0.05, 0) is 57.0 Å². The number of para-hydroxylation sites is 1. The molecule has 3 heterocycles. The van der Waals surface area contributed by atoms with Gasteiger partial charge in [-0.2, -0.15) is 0 Å². The summed E-state index contributed by atoms with van der Waals surface area (Å²) in [6.07, 6.45) is 0.626. The van der Waals surface area contributed by atoms with Gasteiger partial charge < -0.3 is 15.0 Å². The fourth-order valence-electron chi connectivity index (χ4n) is 5.07. The second-order valence-corrected chi connectivity index (χ2v) is 9.51. The van der Waals surface area contributed by atoms with Gasteiger partial charge in [0.25, 0.3) is 5.91 Å². The average molecular weight is 473 g/mol. The molecule has 2 aromatic carbocycles. The summed E-state index contributed by atoms with van der Waals surface area (Å²) in [5, 5.41) is 5.91. The normalized spacial score (nSPS) is 22.9. The van der Waals surface area contributed by atoms with Gasteiger partial charge in [0, 0.05) is 23.2 Å². The van der Waals surface area contributed by atoms with Crippen molar-refractivity contribution in [2.24, 2.45) is 0 Å². The largest absolute Gasteiger partial charge is 0.489 e. The SMILES string of the molecule is Cc1cc(COc2ccc(C3(C)CCN(C(C)[C@@H]4NC(=O)NC4=O)C3=O)cc2)c2ccccc2n1. The van der Waals surface area contributed by atoms with Crippen LogP contribution in [-0.2, 0) is 21.6 Å². The number of amides is 4. The molecule has 35 heavy (non-hydrogen) atoms. The van der Waals surface area contributed by atoms with E-state index >= 15 is 0 Å². The number of nitrogens with one attached hydrogen (secondary N) is 2. The summed E-state index contributed by atoms with van der Waals surface area (Å²) >= 11 is 0. The Labute approximate surface area is 203 Å². The van der Waals surface area contributed by atoms with E-state index in [2.05, 4.69) is 15.6 Å². The molecule has 3 atom stereocenters. The van der Waals surface area contributed by atoms with Gasteiger partial charge in [0.05, 0.1) is 17.0 Å². The highest BCUT2D eigenvalue weighted by Crippen LogP contribution is 2.37. The molecule has 2 fully saturated rings. The Bertz CT molecular complexity index is 1320. The van der Waals surface area contributed by atoms with Crippen LogP contribution in [0.3, 0.4) is 0 Å². The van der Waals surface area contributed by atoms with E-state index in [1.54, 1.807) is 11.8 Å². The zero-order valence-electron chi connectivity index (χ0n) is 20.0. The highest BCUT2D eigenvalue weighted by molar-refractivity contribution is 6.05. The second-order valence-electron chi connectivity index (χ2n) is 9.51. The maximum atomic E-state index is 13.4. The Morgan fingerprint density at radius 2 is 1.89 bits per heavy atom. The van der Waals surface area contributed by atoms with Crippen molar-refractivity contribution >= 4 is 28.7 Å². The van der Waals surface area contributed by atoms with E-state index in [0.717, 1.165) is 33.5 Å². The minimum Gasteiger partial charge on any atom is -0.489 e. The molecule has 8 heteroatoms. The molecule has 0 saturated carbocycles. The first-order valence-corrected chi connectivity index (χ1v) is 11.8. The Kier molecular flexibility index (Phi) is 5.67. The van der Waals surface area contributed by atoms with Gasteiger partial charge in [-0.1, -0.05) is 30.3 Å². The number of likely N-dealkylation sites (tertiary alicyclic amines) is 1. The van der Waals surface area contributed by atoms with Gasteiger partial charge in [-0.15, -0.1) is 0 Å². The maximum Gasteiger partial charge on any atom is 0.322 e. The minimum atomic E-state index is -0.738. The van der Waals surface area contributed by atoms with E-state index in [4.69, 9.17) is 4.74 Å². The molecule has 3 aromatic rings. The number of aromatic nitrogens is 1. The van der Waals surface area contributed by atoms with Crippen molar-refractivity contribution in [3.63, 3.8) is 0 Å². The summed E-state index contributed by atoms with van der Waals surface area (Å²) in [5.74, 6) is 0.269. The zero-order valence-corrected chi connectivity index (χ0v) is 20.0. The molecular weight excluding hydrogens is 444 g/mol. The highest BCUT2D eigenvalue weighted by atomic mass is 16.5. The van der Waals surface area contributed by atoms with Crippen molar-refractivity contribution in [1.82, 2.24) is 20.5 Å². The lowest BCUT2D eigenvalue weighted by Crippen LogP contribution is -2.51. The molecule has 0 spiro atoms. The molecule has 2 N–H and O–H groups in total. The van der Waals surface area contributed by atoms with E-state index in [-0.39, 0.29) is 5.91 Å². The second kappa shape index (κ2) is 8.69. The molecule has 2 aliphatic rings. The Balaban J connectivity index is 1.29. The van der Waals surface area contributed by atoms with Gasteiger partial charge in [-0.3, -0.25) is 19.9 Å². The van der Waals surface area contributed by atoms with Gasteiger partial charge in [-0.25, -0.2) is 4.79 Å². The molecule has 2 aliphatic heterocycles. The van der Waals surface area contributed by atoms with Crippen LogP contribution >= 0.6 is 0 Å². The van der Waals surface area contributed by atoms with Crippen LogP contribution in [-0.4, -0.2) is 46.4 Å². The summed E-state index contributed by atoms with van der Waals surface area (Å²) in [5.41, 5.74) is 3.16. The number of hydrogen-bond donors (Lipinski definition) is 2. The number of carbonyl (C=O) groups excluding carboxylic acids is 3. The Morgan fingerprint density at radius 3 is 2.60 bits per heavy atom. The van der Waals surface area contributed by atoms with Crippen molar-refractivity contribution in [2.75, 3.05) is 6.54 Å². The molecule has 5 rings (SSSR count). The highest BCUT2D eigenvalue weighted by Gasteiger charge is 2.48. The van der Waals surface area contributed by atoms with E-state index < -0.39 is 29.4 Å². The lowest BCUT2D eigenvalue weighted by Gasteiger charge is -2.30. The first kappa shape index (κ1) is 22.8. The summed E-state index contributed by atoms with van der Waals surface area (Å²) < 4.78 is 6.07. The lowest BCUT2D eigenvalue weighted by atomic mass is 9.81. The van der Waals surface area contributed by atoms with Crippen LogP contribution in [0.2, 0.25) is 0 Å². The zero-order chi connectivity index (χ0) is 24.7. The first-order chi connectivity index (χ1) is 16.8. The van der Waals surface area contributed by atoms with E-state index in [1.165, 1.54) is 0 Å². The van der Waals surface area contributed by atoms with Crippen LogP contribution in [0.15, 0.2) is 54.6 Å². The number of pyridine rings is 1. The lowest BCUT2D eigenvalue weighted by molar-refractivity contribution is -0.135. The predicted molar refractivity (Wildman–Crippen MR) is 131 cm³/mol. The van der Waals surface area contributed by atoms with Gasteiger partial charge in [0.15, 0.2) is 0 Å². The smallest absolute Gasteiger partial charge is 0.322 e. The Morgan fingerprint density at radius 1 is 1.14 bits per heavy atom. The molecule has 2 saturated heterocycles. The van der Waals surface area contributed by atoms with Crippen LogP contribution in [0.5, 0.6) is 5.75 Å². The molecule has 8 nitrogen and oxygen atoms in total. The molecule has 1 aromatic heterocycles. The standard InChI is InChI=1S/C27H28N4O4/c1-16-14-18(21-6-4-5-7-22(21)28-16)15-35-20-10-8-19(9-11-20)27(3)12-13-31(25(27)33)17(2)23-24(32)30-26(34)29-23/h4-11,14,17,23H,12-13,15H2,1-3H3,(H2,29,30,32,34)/t17?,23-,27?/m0/s1. The maximum absolute atomic E-state index is 13.4. The number of rotatable bonds is 6. The third kappa shape index (κ3) is 4.09. The van der Waals surface area contributed by atoms with Crippen molar-refractivity contribution in [2.45, 2.75) is 51.3 Å². The van der Waals surface area contributed by atoms with Gasteiger partial charge in [0.1, 0.15) is 18.4 Å². The number of ether oxygens (including phenoxy) is 1. The molecule has 0 bridgehead atoms. The topological polar surface area (TPSA) is 101 Å². The van der Waals surface area contributed by atoms with Crippen molar-refractivity contribution in [3.8, 4) is 5.75 Å². The number of carbonyl (C=O) groups is 3. The summed E-state index contributed by atoms with van der Waals surface area (Å²) in [6.45, 7) is 6.63. The number of benzene rings is 2. The summed E-state index contributed by atoms with van der Waals surface area (Å²) in [4.78, 5) is 43.3.